The molecule has 0 unspecified atom stereocenters. The van der Waals surface area contributed by atoms with Gasteiger partial charge in [0.25, 0.3) is 5.91 Å². The van der Waals surface area contributed by atoms with Gasteiger partial charge < -0.3 is 15.8 Å². The third kappa shape index (κ3) is 3.47. The Bertz CT molecular complexity index is 538. The summed E-state index contributed by atoms with van der Waals surface area (Å²) < 4.78 is 43.6. The van der Waals surface area contributed by atoms with Crippen LogP contribution in [0.4, 0.5) is 18.9 Å². The summed E-state index contributed by atoms with van der Waals surface area (Å²) in [5.74, 6) is -0.594. The Morgan fingerprint density at radius 2 is 1.95 bits per heavy atom. The van der Waals surface area contributed by atoms with Crippen LogP contribution in [0.5, 0.6) is 0 Å². The molecule has 1 aliphatic rings. The lowest BCUT2D eigenvalue weighted by atomic mass is 9.92. The summed E-state index contributed by atoms with van der Waals surface area (Å²) in [5.41, 5.74) is 3.33. The Balaban J connectivity index is 2.24. The molecule has 0 bridgehead atoms. The van der Waals surface area contributed by atoms with E-state index in [0.717, 1.165) is 6.07 Å². The fourth-order valence-electron chi connectivity index (χ4n) is 2.30. The van der Waals surface area contributed by atoms with Crippen molar-refractivity contribution in [2.75, 3.05) is 18.9 Å². The van der Waals surface area contributed by atoms with Crippen LogP contribution in [0.1, 0.15) is 35.7 Å². The van der Waals surface area contributed by atoms with E-state index in [9.17, 15) is 18.0 Å². The van der Waals surface area contributed by atoms with Gasteiger partial charge in [-0.2, -0.15) is 13.2 Å². The van der Waals surface area contributed by atoms with Crippen LogP contribution in [0.25, 0.3) is 0 Å². The SMILES string of the molecule is CC1(NC(=O)c2cccc(C(F)(F)F)c2N)CCOCC1. The molecule has 1 amide bonds. The monoisotopic (exact) mass is 302 g/mol. The van der Waals surface area contributed by atoms with Crippen LogP contribution in [-0.2, 0) is 10.9 Å². The summed E-state index contributed by atoms with van der Waals surface area (Å²) in [6.45, 7) is 2.86. The van der Waals surface area contributed by atoms with E-state index in [4.69, 9.17) is 10.5 Å². The van der Waals surface area contributed by atoms with E-state index in [1.54, 1.807) is 0 Å². The maximum atomic E-state index is 12.8. The molecule has 0 saturated carbocycles. The number of rotatable bonds is 2. The smallest absolute Gasteiger partial charge is 0.398 e. The maximum absolute atomic E-state index is 12.8. The minimum Gasteiger partial charge on any atom is -0.398 e. The number of carbonyl (C=O) groups is 1. The first-order chi connectivity index (χ1) is 9.73. The molecule has 21 heavy (non-hydrogen) atoms. The van der Waals surface area contributed by atoms with Crippen LogP contribution in [0.2, 0.25) is 0 Å². The van der Waals surface area contributed by atoms with E-state index in [1.807, 2.05) is 6.92 Å². The van der Waals surface area contributed by atoms with Crippen LogP contribution in [-0.4, -0.2) is 24.7 Å². The highest BCUT2D eigenvalue weighted by atomic mass is 19.4. The molecule has 1 heterocycles. The van der Waals surface area contributed by atoms with Gasteiger partial charge in [0.2, 0.25) is 0 Å². The molecule has 1 aromatic carbocycles. The molecule has 1 fully saturated rings. The molecule has 0 spiro atoms. The fourth-order valence-corrected chi connectivity index (χ4v) is 2.30. The van der Waals surface area contributed by atoms with Gasteiger partial charge in [0.15, 0.2) is 0 Å². The van der Waals surface area contributed by atoms with Crippen molar-refractivity contribution in [2.45, 2.75) is 31.5 Å². The molecular formula is C14H17F3N2O2. The number of nitrogens with two attached hydrogens (primary N) is 1. The molecule has 3 N–H and O–H groups in total. The van der Waals surface area contributed by atoms with Gasteiger partial charge in [-0.15, -0.1) is 0 Å². The van der Waals surface area contributed by atoms with Gasteiger partial charge in [-0.1, -0.05) is 6.07 Å². The average Bonchev–Trinajstić information content (AvgIpc) is 2.37. The first kappa shape index (κ1) is 15.6. The van der Waals surface area contributed by atoms with Crippen LogP contribution >= 0.6 is 0 Å². The number of carbonyl (C=O) groups excluding carboxylic acids is 1. The number of nitrogen functional groups attached to an aromatic ring is 1. The zero-order chi connectivity index (χ0) is 15.7. The number of alkyl halides is 3. The number of amides is 1. The minimum atomic E-state index is -4.58. The number of ether oxygens (including phenoxy) is 1. The molecule has 0 aliphatic carbocycles. The normalized spacial score (nSPS) is 18.3. The Labute approximate surface area is 120 Å². The molecule has 1 saturated heterocycles. The lowest BCUT2D eigenvalue weighted by Gasteiger charge is -2.34. The molecule has 0 aromatic heterocycles. The number of hydrogen-bond donors (Lipinski definition) is 2. The van der Waals surface area contributed by atoms with Crippen molar-refractivity contribution in [2.24, 2.45) is 0 Å². The number of nitrogens with one attached hydrogen (secondary N) is 1. The number of hydrogen-bond acceptors (Lipinski definition) is 3. The lowest BCUT2D eigenvalue weighted by molar-refractivity contribution is -0.136. The zero-order valence-corrected chi connectivity index (χ0v) is 11.6. The molecule has 2 rings (SSSR count). The Morgan fingerprint density at radius 1 is 1.33 bits per heavy atom. The molecule has 1 aliphatic heterocycles. The zero-order valence-electron chi connectivity index (χ0n) is 11.6. The van der Waals surface area contributed by atoms with Crippen molar-refractivity contribution in [3.8, 4) is 0 Å². The van der Waals surface area contributed by atoms with E-state index in [1.165, 1.54) is 12.1 Å². The third-order valence-electron chi connectivity index (χ3n) is 3.67. The van der Waals surface area contributed by atoms with Crippen molar-refractivity contribution in [1.29, 1.82) is 0 Å². The van der Waals surface area contributed by atoms with Gasteiger partial charge >= 0.3 is 6.18 Å². The second-order valence-corrected chi connectivity index (χ2v) is 5.39. The Kier molecular flexibility index (Phi) is 4.13. The van der Waals surface area contributed by atoms with Gasteiger partial charge in [-0.3, -0.25) is 4.79 Å². The van der Waals surface area contributed by atoms with Gasteiger partial charge in [-0.05, 0) is 31.9 Å². The molecular weight excluding hydrogens is 285 g/mol. The van der Waals surface area contributed by atoms with Gasteiger partial charge in [0, 0.05) is 18.8 Å². The highest BCUT2D eigenvalue weighted by Crippen LogP contribution is 2.35. The quantitative estimate of drug-likeness (QED) is 0.825. The van der Waals surface area contributed by atoms with Gasteiger partial charge in [-0.25, -0.2) is 0 Å². The highest BCUT2D eigenvalue weighted by molar-refractivity contribution is 6.00. The number of halogens is 3. The molecule has 116 valence electrons. The summed E-state index contributed by atoms with van der Waals surface area (Å²) in [6, 6.07) is 3.34. The van der Waals surface area contributed by atoms with Crippen molar-refractivity contribution in [1.82, 2.24) is 5.32 Å². The first-order valence-electron chi connectivity index (χ1n) is 6.59. The molecule has 1 aromatic rings. The molecule has 0 atom stereocenters. The molecule has 7 heteroatoms. The lowest BCUT2D eigenvalue weighted by Crippen LogP contribution is -2.49. The molecule has 0 radical (unpaired) electrons. The van der Waals surface area contributed by atoms with Crippen LogP contribution < -0.4 is 11.1 Å². The topological polar surface area (TPSA) is 64.4 Å². The van der Waals surface area contributed by atoms with E-state index >= 15 is 0 Å². The first-order valence-corrected chi connectivity index (χ1v) is 6.59. The van der Waals surface area contributed by atoms with Crippen molar-refractivity contribution >= 4 is 11.6 Å². The molecule has 4 nitrogen and oxygen atoms in total. The highest BCUT2D eigenvalue weighted by Gasteiger charge is 2.35. The summed E-state index contributed by atoms with van der Waals surface area (Å²) in [6.07, 6.45) is -3.36. The summed E-state index contributed by atoms with van der Waals surface area (Å²) in [7, 11) is 0. The number of anilines is 1. The Hall–Kier alpha value is -1.76. The second kappa shape index (κ2) is 5.55. The van der Waals surface area contributed by atoms with E-state index in [2.05, 4.69) is 5.32 Å². The average molecular weight is 302 g/mol. The van der Waals surface area contributed by atoms with E-state index in [0.29, 0.717) is 26.1 Å². The van der Waals surface area contributed by atoms with Crippen molar-refractivity contribution in [3.63, 3.8) is 0 Å². The van der Waals surface area contributed by atoms with Crippen LogP contribution in [0.15, 0.2) is 18.2 Å². The standard InChI is InChI=1S/C14H17F3N2O2/c1-13(5-7-21-8-6-13)19-12(20)9-3-2-4-10(11(9)18)14(15,16)17/h2-4H,5-8,18H2,1H3,(H,19,20). The second-order valence-electron chi connectivity index (χ2n) is 5.39. The van der Waals surface area contributed by atoms with Gasteiger partial charge in [0.05, 0.1) is 16.8 Å². The predicted octanol–water partition coefficient (Wildman–Crippen LogP) is 2.59. The number of benzene rings is 1. The number of para-hydroxylation sites is 1. The largest absolute Gasteiger partial charge is 0.418 e. The summed E-state index contributed by atoms with van der Waals surface area (Å²) in [4.78, 5) is 12.2. The summed E-state index contributed by atoms with van der Waals surface area (Å²) >= 11 is 0. The fraction of sp³-hybridized carbons (Fsp3) is 0.500. The maximum Gasteiger partial charge on any atom is 0.418 e. The van der Waals surface area contributed by atoms with Crippen molar-refractivity contribution < 1.29 is 22.7 Å². The van der Waals surface area contributed by atoms with E-state index < -0.39 is 28.9 Å². The van der Waals surface area contributed by atoms with Crippen LogP contribution in [0, 0.1) is 0 Å². The van der Waals surface area contributed by atoms with Crippen LogP contribution in [0.3, 0.4) is 0 Å². The van der Waals surface area contributed by atoms with Gasteiger partial charge in [0.1, 0.15) is 0 Å². The minimum absolute atomic E-state index is 0.155. The Morgan fingerprint density at radius 3 is 2.52 bits per heavy atom. The predicted molar refractivity (Wildman–Crippen MR) is 71.8 cm³/mol. The summed E-state index contributed by atoms with van der Waals surface area (Å²) in [5, 5.41) is 2.76. The van der Waals surface area contributed by atoms with E-state index in [-0.39, 0.29) is 5.56 Å². The van der Waals surface area contributed by atoms with Crippen molar-refractivity contribution in [3.05, 3.63) is 29.3 Å². The third-order valence-corrected chi connectivity index (χ3v) is 3.67.